The first-order valence-electron chi connectivity index (χ1n) is 7.66. The number of rotatable bonds is 5. The van der Waals surface area contributed by atoms with Gasteiger partial charge in [-0.3, -0.25) is 4.79 Å². The van der Waals surface area contributed by atoms with Crippen molar-refractivity contribution >= 4 is 22.7 Å². The highest BCUT2D eigenvalue weighted by Gasteiger charge is 2.25. The Morgan fingerprint density at radius 2 is 1.83 bits per heavy atom. The van der Waals surface area contributed by atoms with Crippen LogP contribution in [0, 0.1) is 0 Å². The highest BCUT2D eigenvalue weighted by Crippen LogP contribution is 2.19. The van der Waals surface area contributed by atoms with E-state index < -0.39 is 0 Å². The molecule has 0 spiro atoms. The van der Waals surface area contributed by atoms with Crippen LogP contribution in [0.5, 0.6) is 5.75 Å². The maximum atomic E-state index is 12.1. The second kappa shape index (κ2) is 7.88. The van der Waals surface area contributed by atoms with Crippen LogP contribution < -0.4 is 4.74 Å². The van der Waals surface area contributed by atoms with E-state index in [0.717, 1.165) is 22.6 Å². The van der Waals surface area contributed by atoms with Crippen LogP contribution in [0.1, 0.15) is 11.1 Å². The van der Waals surface area contributed by atoms with Crippen LogP contribution in [0.4, 0.5) is 0 Å². The largest absolute Gasteiger partial charge is 0.489 e. The van der Waals surface area contributed by atoms with Gasteiger partial charge in [-0.1, -0.05) is 59.4 Å². The molecule has 3 rings (SSSR count). The lowest BCUT2D eigenvalue weighted by Gasteiger charge is -2.26. The number of hydrogen-bond donors (Lipinski definition) is 1. The number of oxime groups is 1. The molecular weight excluding hydrogens is 324 g/mol. The third kappa shape index (κ3) is 4.08. The van der Waals surface area contributed by atoms with Crippen molar-refractivity contribution in [2.45, 2.75) is 13.2 Å². The minimum absolute atomic E-state index is 0.157. The molecule has 5 nitrogen and oxygen atoms in total. The molecular formula is C18H18N2O3S. The van der Waals surface area contributed by atoms with E-state index >= 15 is 0 Å². The van der Waals surface area contributed by atoms with Crippen molar-refractivity contribution < 1.29 is 14.7 Å². The Bertz CT molecular complexity index is 717. The summed E-state index contributed by atoms with van der Waals surface area (Å²) >= 11 is 1.28. The molecule has 6 heteroatoms. The van der Waals surface area contributed by atoms with E-state index in [0.29, 0.717) is 19.7 Å². The van der Waals surface area contributed by atoms with Gasteiger partial charge in [0.05, 0.1) is 0 Å². The summed E-state index contributed by atoms with van der Waals surface area (Å²) < 4.78 is 5.76. The Morgan fingerprint density at radius 1 is 1.08 bits per heavy atom. The number of nitrogens with zero attached hydrogens (tertiary/aromatic N) is 2. The van der Waals surface area contributed by atoms with Gasteiger partial charge in [-0.05, 0) is 23.3 Å². The fourth-order valence-electron chi connectivity index (χ4n) is 2.43. The molecule has 0 aliphatic carbocycles. The van der Waals surface area contributed by atoms with E-state index in [1.54, 1.807) is 4.90 Å². The van der Waals surface area contributed by atoms with Gasteiger partial charge in [0.1, 0.15) is 12.4 Å². The highest BCUT2D eigenvalue weighted by molar-refractivity contribution is 8.15. The Kier molecular flexibility index (Phi) is 5.38. The Labute approximate surface area is 144 Å². The minimum Gasteiger partial charge on any atom is -0.489 e. The lowest BCUT2D eigenvalue weighted by atomic mass is 10.2. The predicted molar refractivity (Wildman–Crippen MR) is 94.3 cm³/mol. The number of carbonyl (C=O) groups excluding carboxylic acids is 1. The molecule has 1 saturated heterocycles. The van der Waals surface area contributed by atoms with Crippen LogP contribution in [-0.2, 0) is 17.9 Å². The smallest absolute Gasteiger partial charge is 0.282 e. The second-order valence-corrected chi connectivity index (χ2v) is 6.48. The first-order valence-corrected chi connectivity index (χ1v) is 8.64. The van der Waals surface area contributed by atoms with E-state index in [4.69, 9.17) is 9.94 Å². The van der Waals surface area contributed by atoms with Crippen molar-refractivity contribution in [3.05, 3.63) is 65.7 Å². The second-order valence-electron chi connectivity index (χ2n) is 5.40. The van der Waals surface area contributed by atoms with Crippen molar-refractivity contribution in [3.63, 3.8) is 0 Å². The van der Waals surface area contributed by atoms with E-state index in [1.807, 2.05) is 54.6 Å². The molecule has 2 aromatic rings. The summed E-state index contributed by atoms with van der Waals surface area (Å²) in [6.07, 6.45) is 0. The molecule has 2 aromatic carbocycles. The number of hydrogen-bond acceptors (Lipinski definition) is 5. The van der Waals surface area contributed by atoms with Crippen LogP contribution in [0.3, 0.4) is 0 Å². The third-order valence-electron chi connectivity index (χ3n) is 3.71. The maximum absolute atomic E-state index is 12.1. The lowest BCUT2D eigenvalue weighted by molar-refractivity contribution is -0.124. The number of carbonyl (C=O) groups is 1. The van der Waals surface area contributed by atoms with Gasteiger partial charge < -0.3 is 14.8 Å². The summed E-state index contributed by atoms with van der Waals surface area (Å²) in [5.41, 5.74) is 2.13. The van der Waals surface area contributed by atoms with E-state index in [9.17, 15) is 4.79 Å². The molecule has 0 atom stereocenters. The van der Waals surface area contributed by atoms with Crippen LogP contribution in [0.2, 0.25) is 0 Å². The standard InChI is InChI=1S/C18H18N2O3S/c21-18-17(19-22)24-11-10-20(18)12-14-6-8-16(9-7-14)23-13-15-4-2-1-3-5-15/h1-9,22H,10-13H2. The molecule has 24 heavy (non-hydrogen) atoms. The zero-order valence-electron chi connectivity index (χ0n) is 13.1. The van der Waals surface area contributed by atoms with Gasteiger partial charge in [-0.2, -0.15) is 0 Å². The summed E-state index contributed by atoms with van der Waals surface area (Å²) in [7, 11) is 0. The number of benzene rings is 2. The number of amides is 1. The first-order chi connectivity index (χ1) is 11.8. The normalized spacial score (nSPS) is 16.4. The zero-order chi connectivity index (χ0) is 16.8. The molecule has 0 aromatic heterocycles. The molecule has 1 fully saturated rings. The monoisotopic (exact) mass is 342 g/mol. The average molecular weight is 342 g/mol. The van der Waals surface area contributed by atoms with E-state index in [2.05, 4.69) is 5.16 Å². The van der Waals surface area contributed by atoms with E-state index in [-0.39, 0.29) is 11.0 Å². The fraction of sp³-hybridized carbons (Fsp3) is 0.222. The van der Waals surface area contributed by atoms with Gasteiger partial charge in [0.25, 0.3) is 5.91 Å². The topological polar surface area (TPSA) is 62.1 Å². The Morgan fingerprint density at radius 3 is 2.54 bits per heavy atom. The molecule has 0 radical (unpaired) electrons. The fourth-order valence-corrected chi connectivity index (χ4v) is 3.24. The number of ether oxygens (including phenoxy) is 1. The third-order valence-corrected chi connectivity index (χ3v) is 4.62. The predicted octanol–water partition coefficient (Wildman–Crippen LogP) is 3.13. The molecule has 124 valence electrons. The van der Waals surface area contributed by atoms with Crippen molar-refractivity contribution in [1.82, 2.24) is 4.90 Å². The van der Waals surface area contributed by atoms with Gasteiger partial charge >= 0.3 is 0 Å². The van der Waals surface area contributed by atoms with Crippen molar-refractivity contribution in [2.75, 3.05) is 12.3 Å². The summed E-state index contributed by atoms with van der Waals surface area (Å²) in [4.78, 5) is 13.8. The maximum Gasteiger partial charge on any atom is 0.282 e. The van der Waals surface area contributed by atoms with E-state index in [1.165, 1.54) is 11.8 Å². The highest BCUT2D eigenvalue weighted by atomic mass is 32.2. The van der Waals surface area contributed by atoms with Crippen molar-refractivity contribution in [1.29, 1.82) is 0 Å². The quantitative estimate of drug-likeness (QED) is 0.670. The average Bonchev–Trinajstić information content (AvgIpc) is 2.64. The van der Waals surface area contributed by atoms with Gasteiger partial charge in [0.15, 0.2) is 0 Å². The van der Waals surface area contributed by atoms with Gasteiger partial charge in [0, 0.05) is 18.8 Å². The zero-order valence-corrected chi connectivity index (χ0v) is 13.9. The van der Waals surface area contributed by atoms with Gasteiger partial charge in [0.2, 0.25) is 5.04 Å². The lowest BCUT2D eigenvalue weighted by Crippen LogP contribution is -2.40. The molecule has 1 aliphatic rings. The minimum atomic E-state index is -0.224. The molecule has 1 N–H and O–H groups in total. The first kappa shape index (κ1) is 16.4. The molecule has 0 bridgehead atoms. The van der Waals surface area contributed by atoms with Gasteiger partial charge in [-0.25, -0.2) is 0 Å². The van der Waals surface area contributed by atoms with Crippen LogP contribution in [0.25, 0.3) is 0 Å². The number of thioether (sulfide) groups is 1. The van der Waals surface area contributed by atoms with Crippen LogP contribution in [-0.4, -0.2) is 33.4 Å². The molecule has 1 amide bonds. The summed E-state index contributed by atoms with van der Waals surface area (Å²) in [6.45, 7) is 1.67. The summed E-state index contributed by atoms with van der Waals surface area (Å²) in [6, 6.07) is 17.7. The van der Waals surface area contributed by atoms with Crippen molar-refractivity contribution in [2.24, 2.45) is 5.16 Å². The SMILES string of the molecule is O=C1C(=NO)SCCN1Cc1ccc(OCc2ccccc2)cc1. The molecule has 1 aliphatic heterocycles. The Hall–Kier alpha value is -2.47. The molecule has 1 heterocycles. The van der Waals surface area contributed by atoms with Gasteiger partial charge in [-0.15, -0.1) is 0 Å². The van der Waals surface area contributed by atoms with Crippen LogP contribution >= 0.6 is 11.8 Å². The molecule has 0 saturated carbocycles. The molecule has 0 unspecified atom stereocenters. The van der Waals surface area contributed by atoms with Crippen molar-refractivity contribution in [3.8, 4) is 5.75 Å². The van der Waals surface area contributed by atoms with Crippen LogP contribution in [0.15, 0.2) is 59.8 Å². The summed E-state index contributed by atoms with van der Waals surface area (Å²) in [5, 5.41) is 12.1. The summed E-state index contributed by atoms with van der Waals surface area (Å²) in [5.74, 6) is 1.31. The Balaban J connectivity index is 1.57.